The van der Waals surface area contributed by atoms with Crippen LogP contribution in [0.15, 0.2) is 42.5 Å². The molecule has 21 heavy (non-hydrogen) atoms. The Bertz CT molecular complexity index is 619. The molecule has 0 spiro atoms. The second-order valence-electron chi connectivity index (χ2n) is 4.43. The Labute approximate surface area is 122 Å². The first-order chi connectivity index (χ1) is 10.1. The third-order valence-electron chi connectivity index (χ3n) is 3.02. The molecule has 0 aliphatic carbocycles. The van der Waals surface area contributed by atoms with E-state index >= 15 is 0 Å². The van der Waals surface area contributed by atoms with Gasteiger partial charge in [-0.1, -0.05) is 18.2 Å². The highest BCUT2D eigenvalue weighted by molar-refractivity contribution is 5.90. The molecule has 0 saturated heterocycles. The summed E-state index contributed by atoms with van der Waals surface area (Å²) in [4.78, 5) is 11.9. The number of esters is 1. The summed E-state index contributed by atoms with van der Waals surface area (Å²) < 4.78 is 10.2. The first-order valence-electron chi connectivity index (χ1n) is 6.37. The molecule has 0 aliphatic heterocycles. The summed E-state index contributed by atoms with van der Waals surface area (Å²) >= 11 is 0. The maximum Gasteiger partial charge on any atom is 0.338 e. The van der Waals surface area contributed by atoms with Crippen LogP contribution in [0, 0.1) is 0 Å². The zero-order valence-corrected chi connectivity index (χ0v) is 11.6. The number of hydrogen-bond donors (Lipinski definition) is 2. The van der Waals surface area contributed by atoms with Gasteiger partial charge in [-0.05, 0) is 29.8 Å². The van der Waals surface area contributed by atoms with E-state index in [2.05, 4.69) is 0 Å². The van der Waals surface area contributed by atoms with Gasteiger partial charge in [0.05, 0.1) is 19.3 Å². The summed E-state index contributed by atoms with van der Waals surface area (Å²) in [7, 11) is 1.58. The van der Waals surface area contributed by atoms with Gasteiger partial charge in [-0.2, -0.15) is 0 Å². The van der Waals surface area contributed by atoms with Gasteiger partial charge in [0.1, 0.15) is 18.1 Å². The summed E-state index contributed by atoms with van der Waals surface area (Å²) in [6.45, 7) is -0.154. The van der Waals surface area contributed by atoms with Gasteiger partial charge in [0.2, 0.25) is 0 Å². The molecule has 0 atom stereocenters. The lowest BCUT2D eigenvalue weighted by atomic mass is 10.1. The van der Waals surface area contributed by atoms with Crippen molar-refractivity contribution >= 4 is 5.97 Å². The van der Waals surface area contributed by atoms with E-state index in [0.29, 0.717) is 5.56 Å². The summed E-state index contributed by atoms with van der Waals surface area (Å²) in [6.07, 6.45) is 0. The molecular formula is C16H16O5. The molecule has 0 saturated carbocycles. The number of hydrogen-bond acceptors (Lipinski definition) is 5. The summed E-state index contributed by atoms with van der Waals surface area (Å²) in [5.74, 6) is 0.0663. The van der Waals surface area contributed by atoms with Crippen LogP contribution in [0.25, 0.3) is 0 Å². The van der Waals surface area contributed by atoms with E-state index < -0.39 is 5.97 Å². The van der Waals surface area contributed by atoms with E-state index in [9.17, 15) is 9.90 Å². The highest BCUT2D eigenvalue weighted by atomic mass is 16.5. The number of rotatable bonds is 5. The molecule has 2 rings (SSSR count). The summed E-state index contributed by atoms with van der Waals surface area (Å²) in [5, 5.41) is 18.6. The summed E-state index contributed by atoms with van der Waals surface area (Å²) in [6, 6.07) is 11.4. The standard InChI is InChI=1S/C16H16O5/c1-20-14-6-2-11(3-7-14)10-21-16(19)12-4-5-13(9-17)15(18)8-12/h2-8,17-18H,9-10H2,1H3. The average Bonchev–Trinajstić information content (AvgIpc) is 2.53. The molecule has 2 aromatic rings. The molecule has 0 aliphatic rings. The maximum atomic E-state index is 11.9. The van der Waals surface area contributed by atoms with Crippen LogP contribution in [0.5, 0.6) is 11.5 Å². The lowest BCUT2D eigenvalue weighted by Crippen LogP contribution is -2.05. The van der Waals surface area contributed by atoms with E-state index in [1.807, 2.05) is 0 Å². The Hall–Kier alpha value is -2.53. The number of aromatic hydroxyl groups is 1. The van der Waals surface area contributed by atoms with E-state index in [1.165, 1.54) is 18.2 Å². The van der Waals surface area contributed by atoms with Gasteiger partial charge in [-0.25, -0.2) is 4.79 Å². The van der Waals surface area contributed by atoms with E-state index in [0.717, 1.165) is 11.3 Å². The number of ether oxygens (including phenoxy) is 2. The van der Waals surface area contributed by atoms with Crippen molar-refractivity contribution in [2.45, 2.75) is 13.2 Å². The largest absolute Gasteiger partial charge is 0.508 e. The molecule has 0 amide bonds. The highest BCUT2D eigenvalue weighted by Gasteiger charge is 2.10. The van der Waals surface area contributed by atoms with Crippen molar-refractivity contribution in [1.82, 2.24) is 0 Å². The molecule has 2 N–H and O–H groups in total. The SMILES string of the molecule is COc1ccc(COC(=O)c2ccc(CO)c(O)c2)cc1. The Morgan fingerprint density at radius 3 is 2.43 bits per heavy atom. The van der Waals surface area contributed by atoms with Gasteiger partial charge in [0.25, 0.3) is 0 Å². The predicted octanol–water partition coefficient (Wildman–Crippen LogP) is 2.25. The third-order valence-corrected chi connectivity index (χ3v) is 3.02. The Kier molecular flexibility index (Phi) is 4.79. The molecule has 0 unspecified atom stereocenters. The third kappa shape index (κ3) is 3.73. The van der Waals surface area contributed by atoms with Crippen LogP contribution in [0.4, 0.5) is 0 Å². The Morgan fingerprint density at radius 1 is 1.14 bits per heavy atom. The van der Waals surface area contributed by atoms with Crippen molar-refractivity contribution in [2.75, 3.05) is 7.11 Å². The Balaban J connectivity index is 1.99. The fourth-order valence-electron chi connectivity index (χ4n) is 1.78. The second kappa shape index (κ2) is 6.76. The zero-order chi connectivity index (χ0) is 15.2. The number of aliphatic hydroxyl groups is 1. The van der Waals surface area contributed by atoms with Crippen molar-refractivity contribution < 1.29 is 24.5 Å². The molecule has 0 radical (unpaired) electrons. The van der Waals surface area contributed by atoms with Gasteiger partial charge in [-0.3, -0.25) is 0 Å². The highest BCUT2D eigenvalue weighted by Crippen LogP contribution is 2.20. The fraction of sp³-hybridized carbons (Fsp3) is 0.188. The van der Waals surface area contributed by atoms with E-state index in [4.69, 9.17) is 14.6 Å². The van der Waals surface area contributed by atoms with Crippen molar-refractivity contribution in [3.8, 4) is 11.5 Å². The smallest absolute Gasteiger partial charge is 0.338 e. The van der Waals surface area contributed by atoms with Crippen molar-refractivity contribution in [2.24, 2.45) is 0 Å². The molecule has 5 nitrogen and oxygen atoms in total. The van der Waals surface area contributed by atoms with E-state index in [1.54, 1.807) is 31.4 Å². The molecule has 110 valence electrons. The maximum absolute atomic E-state index is 11.9. The molecule has 5 heteroatoms. The number of methoxy groups -OCH3 is 1. The molecule has 2 aromatic carbocycles. The first-order valence-corrected chi connectivity index (χ1v) is 6.37. The van der Waals surface area contributed by atoms with Crippen LogP contribution in [0.1, 0.15) is 21.5 Å². The predicted molar refractivity (Wildman–Crippen MR) is 76.1 cm³/mol. The van der Waals surface area contributed by atoms with Crippen LogP contribution >= 0.6 is 0 Å². The molecular weight excluding hydrogens is 272 g/mol. The van der Waals surface area contributed by atoms with Gasteiger partial charge >= 0.3 is 5.97 Å². The van der Waals surface area contributed by atoms with Crippen molar-refractivity contribution in [3.05, 3.63) is 59.2 Å². The quantitative estimate of drug-likeness (QED) is 0.825. The monoisotopic (exact) mass is 288 g/mol. The topological polar surface area (TPSA) is 76.0 Å². The lowest BCUT2D eigenvalue weighted by Gasteiger charge is -2.07. The van der Waals surface area contributed by atoms with Crippen LogP contribution in [-0.2, 0) is 18.0 Å². The lowest BCUT2D eigenvalue weighted by molar-refractivity contribution is 0.0472. The average molecular weight is 288 g/mol. The second-order valence-corrected chi connectivity index (χ2v) is 4.43. The normalized spacial score (nSPS) is 10.2. The molecule has 0 fully saturated rings. The van der Waals surface area contributed by atoms with Crippen LogP contribution in [0.2, 0.25) is 0 Å². The van der Waals surface area contributed by atoms with Crippen molar-refractivity contribution in [3.63, 3.8) is 0 Å². The summed E-state index contributed by atoms with van der Waals surface area (Å²) in [5.41, 5.74) is 1.43. The number of carbonyl (C=O) groups is 1. The van der Waals surface area contributed by atoms with Gasteiger partial charge in [0.15, 0.2) is 0 Å². The zero-order valence-electron chi connectivity index (χ0n) is 11.6. The Morgan fingerprint density at radius 2 is 1.86 bits per heavy atom. The number of aliphatic hydroxyl groups excluding tert-OH is 1. The minimum atomic E-state index is -0.536. The number of benzene rings is 2. The van der Waals surface area contributed by atoms with Gasteiger partial charge < -0.3 is 19.7 Å². The minimum absolute atomic E-state index is 0.128. The molecule has 0 bridgehead atoms. The molecule has 0 heterocycles. The van der Waals surface area contributed by atoms with Crippen molar-refractivity contribution in [1.29, 1.82) is 0 Å². The van der Waals surface area contributed by atoms with Crippen LogP contribution in [0.3, 0.4) is 0 Å². The number of phenols is 1. The van der Waals surface area contributed by atoms with Crippen LogP contribution < -0.4 is 4.74 Å². The van der Waals surface area contributed by atoms with Gasteiger partial charge in [-0.15, -0.1) is 0 Å². The minimum Gasteiger partial charge on any atom is -0.508 e. The first kappa shape index (κ1) is 14.9. The van der Waals surface area contributed by atoms with E-state index in [-0.39, 0.29) is 24.5 Å². The van der Waals surface area contributed by atoms with Crippen LogP contribution in [-0.4, -0.2) is 23.3 Å². The fourth-order valence-corrected chi connectivity index (χ4v) is 1.78. The molecule has 0 aromatic heterocycles. The van der Waals surface area contributed by atoms with Gasteiger partial charge in [0, 0.05) is 5.56 Å². The number of carbonyl (C=O) groups excluding carboxylic acids is 1.